The van der Waals surface area contributed by atoms with Crippen LogP contribution in [0.4, 0.5) is 0 Å². The summed E-state index contributed by atoms with van der Waals surface area (Å²) in [6, 6.07) is 4.42. The number of aromatic nitrogens is 1. The van der Waals surface area contributed by atoms with Crippen LogP contribution in [0.5, 0.6) is 0 Å². The first-order valence-corrected chi connectivity index (χ1v) is 10.8. The molecule has 3 atom stereocenters. The Morgan fingerprint density at radius 3 is 2.41 bits per heavy atom. The van der Waals surface area contributed by atoms with Crippen LogP contribution in [0.2, 0.25) is 0 Å². The third kappa shape index (κ3) is 6.72. The number of nitrogens with two attached hydrogens (primary N) is 1. The van der Waals surface area contributed by atoms with E-state index in [1.165, 1.54) is 0 Å². The van der Waals surface area contributed by atoms with Gasteiger partial charge in [-0.15, -0.1) is 0 Å². The van der Waals surface area contributed by atoms with E-state index in [4.69, 9.17) is 5.73 Å². The van der Waals surface area contributed by atoms with Crippen molar-refractivity contribution in [3.05, 3.63) is 36.0 Å². The summed E-state index contributed by atoms with van der Waals surface area (Å²) in [6.07, 6.45) is 1.84. The van der Waals surface area contributed by atoms with Crippen molar-refractivity contribution in [1.82, 2.24) is 20.9 Å². The van der Waals surface area contributed by atoms with E-state index in [0.29, 0.717) is 0 Å². The maximum Gasteiger partial charge on any atom is 0.327 e. The molecule has 32 heavy (non-hydrogen) atoms. The minimum atomic E-state index is -1.24. The van der Waals surface area contributed by atoms with E-state index in [2.05, 4.69) is 33.6 Å². The first kappa shape index (κ1) is 25.2. The summed E-state index contributed by atoms with van der Waals surface area (Å²) in [6.45, 7) is 3.20. The Hall–Kier alpha value is -3.05. The second-order valence-corrected chi connectivity index (χ2v) is 8.12. The fourth-order valence-corrected chi connectivity index (χ4v) is 3.27. The van der Waals surface area contributed by atoms with Gasteiger partial charge < -0.3 is 31.8 Å². The van der Waals surface area contributed by atoms with Crippen LogP contribution in [0.15, 0.2) is 30.5 Å². The summed E-state index contributed by atoms with van der Waals surface area (Å²) in [7, 11) is 0. The third-order valence-electron chi connectivity index (χ3n) is 4.99. The number of hydrogen-bond donors (Lipinski definition) is 7. The monoisotopic (exact) mass is 463 g/mol. The number of amides is 3. The Bertz CT molecular complexity index is 976. The van der Waals surface area contributed by atoms with Crippen LogP contribution in [0.3, 0.4) is 0 Å². The van der Waals surface area contributed by atoms with Gasteiger partial charge in [0, 0.05) is 29.3 Å². The lowest BCUT2D eigenvalue weighted by molar-refractivity contribution is -0.141. The van der Waals surface area contributed by atoms with E-state index < -0.39 is 41.8 Å². The number of carbonyl (C=O) groups is 4. The van der Waals surface area contributed by atoms with Crippen molar-refractivity contribution in [3.63, 3.8) is 0 Å². The molecule has 0 radical (unpaired) electrons. The Balaban J connectivity index is 2.14. The van der Waals surface area contributed by atoms with Crippen LogP contribution in [-0.4, -0.2) is 64.2 Å². The summed E-state index contributed by atoms with van der Waals surface area (Å²) in [5.41, 5.74) is 7.39. The molecular formula is C21H29N5O5S. The molecule has 1 aromatic heterocycles. The smallest absolute Gasteiger partial charge is 0.327 e. The van der Waals surface area contributed by atoms with Crippen molar-refractivity contribution in [2.45, 2.75) is 38.4 Å². The van der Waals surface area contributed by atoms with Gasteiger partial charge in [-0.2, -0.15) is 12.6 Å². The zero-order valence-electron chi connectivity index (χ0n) is 17.9. The molecule has 0 fully saturated rings. The molecule has 0 spiro atoms. The van der Waals surface area contributed by atoms with E-state index in [-0.39, 0.29) is 24.6 Å². The lowest BCUT2D eigenvalue weighted by Crippen LogP contribution is -2.55. The summed E-state index contributed by atoms with van der Waals surface area (Å²) in [5, 5.41) is 17.5. The van der Waals surface area contributed by atoms with E-state index in [0.717, 1.165) is 16.5 Å². The summed E-state index contributed by atoms with van der Waals surface area (Å²) in [5.74, 6) is -3.21. The second-order valence-electron chi connectivity index (χ2n) is 7.75. The van der Waals surface area contributed by atoms with Crippen LogP contribution >= 0.6 is 12.6 Å². The van der Waals surface area contributed by atoms with Crippen molar-refractivity contribution in [1.29, 1.82) is 0 Å². The minimum absolute atomic E-state index is 0.104. The average molecular weight is 464 g/mol. The molecule has 3 amide bonds. The van der Waals surface area contributed by atoms with Crippen LogP contribution in [-0.2, 0) is 25.6 Å². The maximum absolute atomic E-state index is 12.8. The van der Waals surface area contributed by atoms with Gasteiger partial charge in [-0.3, -0.25) is 14.4 Å². The van der Waals surface area contributed by atoms with E-state index in [9.17, 15) is 24.3 Å². The topological polar surface area (TPSA) is 166 Å². The number of benzene rings is 1. The molecule has 0 saturated heterocycles. The molecule has 7 N–H and O–H groups in total. The molecule has 2 aromatic rings. The van der Waals surface area contributed by atoms with Gasteiger partial charge in [-0.05, 0) is 17.5 Å². The zero-order valence-corrected chi connectivity index (χ0v) is 18.8. The first-order chi connectivity index (χ1) is 15.1. The van der Waals surface area contributed by atoms with Gasteiger partial charge in [0.1, 0.15) is 12.1 Å². The number of para-hydroxylation sites is 1. The third-order valence-corrected chi connectivity index (χ3v) is 5.36. The van der Waals surface area contributed by atoms with Gasteiger partial charge in [0.2, 0.25) is 17.7 Å². The van der Waals surface area contributed by atoms with Crippen LogP contribution in [0.1, 0.15) is 19.4 Å². The van der Waals surface area contributed by atoms with Crippen molar-refractivity contribution >= 4 is 47.2 Å². The number of aromatic amines is 1. The van der Waals surface area contributed by atoms with Crippen LogP contribution in [0.25, 0.3) is 10.9 Å². The number of hydrogen-bond acceptors (Lipinski definition) is 6. The fraction of sp³-hybridized carbons (Fsp3) is 0.429. The summed E-state index contributed by atoms with van der Waals surface area (Å²) >= 11 is 3.95. The molecular weight excluding hydrogens is 434 g/mol. The molecule has 174 valence electrons. The number of carbonyl (C=O) groups excluding carboxylic acids is 3. The SMILES string of the molecule is CC(C)C(N)C(=O)NCC(=O)NC(Cc1c[nH]c2ccccc12)C(=O)NC(CS)C(=O)O. The Morgan fingerprint density at radius 1 is 1.09 bits per heavy atom. The van der Waals surface area contributed by atoms with Crippen LogP contribution < -0.4 is 21.7 Å². The predicted octanol–water partition coefficient (Wildman–Crippen LogP) is -0.206. The number of thiol groups is 1. The standard InChI is InChI=1S/C21H29N5O5S/c1-11(2)18(22)20(29)24-9-17(27)25-15(19(28)26-16(10-32)21(30)31)7-12-8-23-14-6-4-3-5-13(12)14/h3-6,8,11,15-16,18,23,32H,7,9-10,22H2,1-2H3,(H,24,29)(H,25,27)(H,26,28)(H,30,31). The Labute approximate surface area is 191 Å². The van der Waals surface area contributed by atoms with Gasteiger partial charge in [0.05, 0.1) is 12.6 Å². The molecule has 3 unspecified atom stereocenters. The molecule has 0 aliphatic carbocycles. The number of H-pyrrole nitrogens is 1. The Morgan fingerprint density at radius 2 is 1.78 bits per heavy atom. The lowest BCUT2D eigenvalue weighted by Gasteiger charge is -2.21. The van der Waals surface area contributed by atoms with E-state index in [1.807, 2.05) is 24.3 Å². The van der Waals surface area contributed by atoms with Crippen LogP contribution in [0, 0.1) is 5.92 Å². The molecule has 1 aromatic carbocycles. The van der Waals surface area contributed by atoms with Gasteiger partial charge in [0.25, 0.3) is 0 Å². The maximum atomic E-state index is 12.8. The van der Waals surface area contributed by atoms with Crippen molar-refractivity contribution < 1.29 is 24.3 Å². The van der Waals surface area contributed by atoms with Crippen molar-refractivity contribution in [2.24, 2.45) is 11.7 Å². The highest BCUT2D eigenvalue weighted by Gasteiger charge is 2.27. The number of rotatable bonds is 11. The molecule has 1 heterocycles. The van der Waals surface area contributed by atoms with Crippen molar-refractivity contribution in [3.8, 4) is 0 Å². The first-order valence-electron chi connectivity index (χ1n) is 10.2. The summed E-state index contributed by atoms with van der Waals surface area (Å²) < 4.78 is 0. The normalized spacial score (nSPS) is 13.9. The molecule has 0 saturated carbocycles. The minimum Gasteiger partial charge on any atom is -0.480 e. The average Bonchev–Trinajstić information content (AvgIpc) is 3.17. The zero-order chi connectivity index (χ0) is 23.8. The largest absolute Gasteiger partial charge is 0.480 e. The molecule has 10 nitrogen and oxygen atoms in total. The molecule has 2 rings (SSSR count). The van der Waals surface area contributed by atoms with Gasteiger partial charge in [-0.1, -0.05) is 32.0 Å². The highest BCUT2D eigenvalue weighted by atomic mass is 32.1. The van der Waals surface area contributed by atoms with Gasteiger partial charge >= 0.3 is 5.97 Å². The van der Waals surface area contributed by atoms with Gasteiger partial charge in [-0.25, -0.2) is 4.79 Å². The number of nitrogens with one attached hydrogen (secondary N) is 4. The molecule has 0 aliphatic heterocycles. The molecule has 0 bridgehead atoms. The predicted molar refractivity (Wildman–Crippen MR) is 123 cm³/mol. The summed E-state index contributed by atoms with van der Waals surface area (Å²) in [4.78, 5) is 51.6. The number of carboxylic acids is 1. The van der Waals surface area contributed by atoms with Gasteiger partial charge in [0.15, 0.2) is 0 Å². The lowest BCUT2D eigenvalue weighted by atomic mass is 10.0. The number of carboxylic acid groups (broad SMARTS) is 1. The van der Waals surface area contributed by atoms with E-state index >= 15 is 0 Å². The highest BCUT2D eigenvalue weighted by Crippen LogP contribution is 2.19. The number of aliphatic carboxylic acids is 1. The quantitative estimate of drug-likeness (QED) is 0.228. The van der Waals surface area contributed by atoms with Crippen molar-refractivity contribution in [2.75, 3.05) is 12.3 Å². The molecule has 11 heteroatoms. The van der Waals surface area contributed by atoms with E-state index in [1.54, 1.807) is 20.0 Å². The molecule has 0 aliphatic rings. The Kier molecular flexibility index (Phi) is 9.09. The fourth-order valence-electron chi connectivity index (χ4n) is 3.02. The second kappa shape index (κ2) is 11.5. The highest BCUT2D eigenvalue weighted by molar-refractivity contribution is 7.80. The number of fused-ring (bicyclic) bond motifs is 1.